The van der Waals surface area contributed by atoms with E-state index < -0.39 is 0 Å². The third-order valence-electron chi connectivity index (χ3n) is 2.01. The molecule has 3 nitrogen and oxygen atoms in total. The number of rotatable bonds is 2. The number of nitrogens with one attached hydrogen (secondary N) is 2. The largest absolute Gasteiger partial charge is 0.493 e. The molecule has 2 rings (SSSR count). The van der Waals surface area contributed by atoms with Crippen LogP contribution < -0.4 is 0 Å². The number of aromatic amines is 2. The smallest absolute Gasteiger partial charge is 0.210 e. The van der Waals surface area contributed by atoms with Crippen LogP contribution in [0.4, 0.5) is 0 Å². The highest BCUT2D eigenvalue weighted by molar-refractivity contribution is 7.71. The molecule has 14 heavy (non-hydrogen) atoms. The number of imidazole rings is 1. The van der Waals surface area contributed by atoms with Crippen molar-refractivity contribution in [3.05, 3.63) is 46.4 Å². The van der Waals surface area contributed by atoms with E-state index >= 15 is 0 Å². The number of H-pyrrole nitrogens is 2. The predicted octanol–water partition coefficient (Wildman–Crippen LogP) is 2.37. The zero-order valence-corrected chi connectivity index (χ0v) is 8.27. The molecule has 1 heterocycles. The molecular weight excluding hydrogens is 196 g/mol. The van der Waals surface area contributed by atoms with Crippen LogP contribution in [0.5, 0.6) is 5.88 Å². The van der Waals surface area contributed by atoms with Crippen LogP contribution in [0.2, 0.25) is 0 Å². The minimum atomic E-state index is 0.124. The van der Waals surface area contributed by atoms with Crippen molar-refractivity contribution in [1.29, 1.82) is 0 Å². The summed E-state index contributed by atoms with van der Waals surface area (Å²) in [5.41, 5.74) is 1.86. The molecule has 0 aliphatic carbocycles. The second kappa shape index (κ2) is 3.67. The molecule has 3 N–H and O–H groups in total. The molecule has 0 unspecified atom stereocenters. The lowest BCUT2D eigenvalue weighted by molar-refractivity contribution is 0.450. The van der Waals surface area contributed by atoms with Crippen LogP contribution in [-0.4, -0.2) is 15.1 Å². The second-order valence-corrected chi connectivity index (χ2v) is 3.48. The van der Waals surface area contributed by atoms with Gasteiger partial charge >= 0.3 is 0 Å². The Morgan fingerprint density at radius 2 is 1.86 bits per heavy atom. The maximum Gasteiger partial charge on any atom is 0.210 e. The third kappa shape index (κ3) is 1.85. The molecule has 0 fully saturated rings. The first-order chi connectivity index (χ1) is 6.75. The van der Waals surface area contributed by atoms with Crippen molar-refractivity contribution < 1.29 is 5.11 Å². The standard InChI is InChI=1S/C10H10N2OS/c13-9-8(11-10(14)12-9)6-7-4-2-1-3-5-7/h1-5,13H,6H2,(H2,11,12,14). The summed E-state index contributed by atoms with van der Waals surface area (Å²) in [5.74, 6) is 0.124. The summed E-state index contributed by atoms with van der Waals surface area (Å²) in [6.07, 6.45) is 0.653. The number of benzene rings is 1. The molecule has 0 aliphatic heterocycles. The Kier molecular flexibility index (Phi) is 2.37. The molecule has 2 aromatic rings. The highest BCUT2D eigenvalue weighted by Crippen LogP contribution is 2.15. The Morgan fingerprint density at radius 3 is 2.43 bits per heavy atom. The zero-order chi connectivity index (χ0) is 9.97. The van der Waals surface area contributed by atoms with Crippen molar-refractivity contribution in [1.82, 2.24) is 9.97 Å². The fourth-order valence-corrected chi connectivity index (χ4v) is 1.56. The van der Waals surface area contributed by atoms with Gasteiger partial charge in [-0.25, -0.2) is 0 Å². The van der Waals surface area contributed by atoms with Gasteiger partial charge in [-0.15, -0.1) is 0 Å². The predicted molar refractivity (Wildman–Crippen MR) is 56.9 cm³/mol. The van der Waals surface area contributed by atoms with Crippen LogP contribution in [0, 0.1) is 4.77 Å². The Balaban J connectivity index is 2.27. The molecule has 0 amide bonds. The fraction of sp³-hybridized carbons (Fsp3) is 0.100. The Hall–Kier alpha value is -1.55. The zero-order valence-electron chi connectivity index (χ0n) is 7.45. The highest BCUT2D eigenvalue weighted by Gasteiger charge is 2.03. The summed E-state index contributed by atoms with van der Waals surface area (Å²) < 4.78 is 0.452. The summed E-state index contributed by atoms with van der Waals surface area (Å²) in [6, 6.07) is 9.90. The monoisotopic (exact) mass is 206 g/mol. The molecular formula is C10H10N2OS. The van der Waals surface area contributed by atoms with Gasteiger partial charge in [-0.05, 0) is 17.8 Å². The first kappa shape index (κ1) is 9.02. The van der Waals surface area contributed by atoms with Crippen LogP contribution in [0.3, 0.4) is 0 Å². The molecule has 0 spiro atoms. The van der Waals surface area contributed by atoms with Crippen LogP contribution in [0.1, 0.15) is 11.3 Å². The number of hydrogen-bond acceptors (Lipinski definition) is 2. The summed E-state index contributed by atoms with van der Waals surface area (Å²) in [7, 11) is 0. The summed E-state index contributed by atoms with van der Waals surface area (Å²) in [6.45, 7) is 0. The molecule has 0 atom stereocenters. The van der Waals surface area contributed by atoms with E-state index in [1.54, 1.807) is 0 Å². The van der Waals surface area contributed by atoms with E-state index in [-0.39, 0.29) is 5.88 Å². The first-order valence-electron chi connectivity index (χ1n) is 4.30. The lowest BCUT2D eigenvalue weighted by Gasteiger charge is -1.98. The summed E-state index contributed by atoms with van der Waals surface area (Å²) >= 11 is 4.87. The van der Waals surface area contributed by atoms with E-state index in [4.69, 9.17) is 12.2 Å². The maximum absolute atomic E-state index is 9.44. The molecule has 1 aromatic carbocycles. The van der Waals surface area contributed by atoms with Crippen LogP contribution in [0.15, 0.2) is 30.3 Å². The molecule has 0 saturated heterocycles. The van der Waals surface area contributed by atoms with Gasteiger partial charge in [-0.2, -0.15) is 0 Å². The fourth-order valence-electron chi connectivity index (χ4n) is 1.34. The molecule has 0 aliphatic rings. The topological polar surface area (TPSA) is 51.8 Å². The van der Waals surface area contributed by atoms with Crippen LogP contribution in [-0.2, 0) is 6.42 Å². The van der Waals surface area contributed by atoms with E-state index in [1.165, 1.54) is 0 Å². The van der Waals surface area contributed by atoms with Gasteiger partial charge in [0.15, 0.2) is 4.77 Å². The van der Waals surface area contributed by atoms with Gasteiger partial charge in [0.2, 0.25) is 5.88 Å². The minimum absolute atomic E-state index is 0.124. The maximum atomic E-state index is 9.44. The van der Waals surface area contributed by atoms with Gasteiger partial charge in [0, 0.05) is 6.42 Å². The average molecular weight is 206 g/mol. The van der Waals surface area contributed by atoms with Crippen molar-refractivity contribution in [3.63, 3.8) is 0 Å². The average Bonchev–Trinajstić information content (AvgIpc) is 2.47. The molecule has 0 radical (unpaired) electrons. The molecule has 1 aromatic heterocycles. The SMILES string of the molecule is Oc1[nH]c(=S)[nH]c1Cc1ccccc1. The van der Waals surface area contributed by atoms with Gasteiger partial charge in [-0.3, -0.25) is 0 Å². The Labute approximate surface area is 86.4 Å². The van der Waals surface area contributed by atoms with E-state index in [2.05, 4.69) is 9.97 Å². The summed E-state index contributed by atoms with van der Waals surface area (Å²) in [5, 5.41) is 9.44. The summed E-state index contributed by atoms with van der Waals surface area (Å²) in [4.78, 5) is 5.54. The molecule has 72 valence electrons. The lowest BCUT2D eigenvalue weighted by atomic mass is 10.1. The van der Waals surface area contributed by atoms with Gasteiger partial charge < -0.3 is 15.1 Å². The molecule has 0 saturated carbocycles. The van der Waals surface area contributed by atoms with E-state index in [1.807, 2.05) is 30.3 Å². The van der Waals surface area contributed by atoms with Gasteiger partial charge in [0.25, 0.3) is 0 Å². The van der Waals surface area contributed by atoms with Crippen molar-refractivity contribution >= 4 is 12.2 Å². The van der Waals surface area contributed by atoms with E-state index in [0.29, 0.717) is 11.2 Å². The Bertz CT molecular complexity index is 472. The van der Waals surface area contributed by atoms with Gasteiger partial charge in [0.05, 0.1) is 5.69 Å². The molecule has 0 bridgehead atoms. The second-order valence-electron chi connectivity index (χ2n) is 3.07. The van der Waals surface area contributed by atoms with Gasteiger partial charge in [-0.1, -0.05) is 30.3 Å². The van der Waals surface area contributed by atoms with Crippen molar-refractivity contribution in [2.24, 2.45) is 0 Å². The van der Waals surface area contributed by atoms with Gasteiger partial charge in [0.1, 0.15) is 0 Å². The molecule has 4 heteroatoms. The minimum Gasteiger partial charge on any atom is -0.493 e. The van der Waals surface area contributed by atoms with E-state index in [0.717, 1.165) is 11.3 Å². The first-order valence-corrected chi connectivity index (χ1v) is 4.70. The Morgan fingerprint density at radius 1 is 1.14 bits per heavy atom. The number of hydrogen-bond donors (Lipinski definition) is 3. The van der Waals surface area contributed by atoms with E-state index in [9.17, 15) is 5.11 Å². The lowest BCUT2D eigenvalue weighted by Crippen LogP contribution is -1.87. The van der Waals surface area contributed by atoms with Crippen molar-refractivity contribution in [3.8, 4) is 5.88 Å². The van der Waals surface area contributed by atoms with Crippen LogP contribution >= 0.6 is 12.2 Å². The normalized spacial score (nSPS) is 10.3. The quantitative estimate of drug-likeness (QED) is 0.661. The van der Waals surface area contributed by atoms with Crippen molar-refractivity contribution in [2.45, 2.75) is 6.42 Å². The third-order valence-corrected chi connectivity index (χ3v) is 2.21. The number of aromatic nitrogens is 2. The highest BCUT2D eigenvalue weighted by atomic mass is 32.1. The van der Waals surface area contributed by atoms with Crippen molar-refractivity contribution in [2.75, 3.05) is 0 Å². The number of aromatic hydroxyl groups is 1. The van der Waals surface area contributed by atoms with Crippen LogP contribution in [0.25, 0.3) is 0 Å².